The van der Waals surface area contributed by atoms with Gasteiger partial charge in [0.1, 0.15) is 0 Å². The first kappa shape index (κ1) is 13.8. The van der Waals surface area contributed by atoms with Gasteiger partial charge in [-0.1, -0.05) is 6.07 Å². The highest BCUT2D eigenvalue weighted by atomic mass is 16.5. The van der Waals surface area contributed by atoms with Crippen molar-refractivity contribution in [2.45, 2.75) is 6.42 Å². The van der Waals surface area contributed by atoms with Crippen molar-refractivity contribution in [3.63, 3.8) is 0 Å². The fourth-order valence-electron chi connectivity index (χ4n) is 1.37. The summed E-state index contributed by atoms with van der Waals surface area (Å²) in [6.45, 7) is 0.144. The zero-order valence-electron chi connectivity index (χ0n) is 10.5. The number of nitrogens with zero attached hydrogens (tertiary/aromatic N) is 1. The van der Waals surface area contributed by atoms with Crippen LogP contribution in [0.4, 0.5) is 5.69 Å². The summed E-state index contributed by atoms with van der Waals surface area (Å²) in [5.74, 6) is -0.446. The molecule has 0 aliphatic rings. The average molecular weight is 251 g/mol. The molecule has 1 aromatic rings. The number of benzene rings is 1. The largest absolute Gasteiger partial charge is 0.490 e. The molecule has 1 aromatic carbocycles. The number of para-hydroxylation sites is 1. The standard InChI is InChI=1S/C12H17N3O3/c1-15(2)10(16)6-7-18-11-8(12(14)17)4-3-5-9(11)13/h3-5H,6-7,13H2,1-2H3,(H2,14,17). The van der Waals surface area contributed by atoms with Gasteiger partial charge in [-0.25, -0.2) is 0 Å². The quantitative estimate of drug-likeness (QED) is 0.731. The van der Waals surface area contributed by atoms with E-state index in [9.17, 15) is 9.59 Å². The maximum atomic E-state index is 11.4. The lowest BCUT2D eigenvalue weighted by molar-refractivity contribution is -0.129. The van der Waals surface area contributed by atoms with Crippen LogP contribution < -0.4 is 16.2 Å². The van der Waals surface area contributed by atoms with E-state index < -0.39 is 5.91 Å². The molecular formula is C12H17N3O3. The Morgan fingerprint density at radius 1 is 1.33 bits per heavy atom. The molecule has 0 aromatic heterocycles. The van der Waals surface area contributed by atoms with Gasteiger partial charge in [-0.2, -0.15) is 0 Å². The number of hydrogen-bond acceptors (Lipinski definition) is 4. The summed E-state index contributed by atoms with van der Waals surface area (Å²) in [7, 11) is 3.32. The van der Waals surface area contributed by atoms with Crippen molar-refractivity contribution in [2.24, 2.45) is 5.73 Å². The number of nitrogens with two attached hydrogens (primary N) is 2. The van der Waals surface area contributed by atoms with Crippen LogP contribution in [0.1, 0.15) is 16.8 Å². The second-order valence-electron chi connectivity index (χ2n) is 3.97. The minimum atomic E-state index is -0.615. The predicted octanol–water partition coefficient (Wildman–Crippen LogP) is 0.225. The molecule has 0 radical (unpaired) electrons. The zero-order valence-corrected chi connectivity index (χ0v) is 10.5. The van der Waals surface area contributed by atoms with Gasteiger partial charge in [0, 0.05) is 14.1 Å². The van der Waals surface area contributed by atoms with Gasteiger partial charge in [-0.3, -0.25) is 9.59 Å². The zero-order chi connectivity index (χ0) is 13.7. The Labute approximate surface area is 105 Å². The molecule has 18 heavy (non-hydrogen) atoms. The molecule has 0 spiro atoms. The Morgan fingerprint density at radius 2 is 2.00 bits per heavy atom. The van der Waals surface area contributed by atoms with E-state index in [2.05, 4.69) is 0 Å². The highest BCUT2D eigenvalue weighted by Crippen LogP contribution is 2.26. The van der Waals surface area contributed by atoms with E-state index in [4.69, 9.17) is 16.2 Å². The molecule has 6 heteroatoms. The Morgan fingerprint density at radius 3 is 2.56 bits per heavy atom. The first-order valence-electron chi connectivity index (χ1n) is 5.44. The first-order chi connectivity index (χ1) is 8.43. The summed E-state index contributed by atoms with van der Waals surface area (Å²) in [5, 5.41) is 0. The van der Waals surface area contributed by atoms with Gasteiger partial charge in [0.2, 0.25) is 5.91 Å². The number of nitrogen functional groups attached to an aromatic ring is 1. The number of carbonyl (C=O) groups is 2. The molecule has 1 rings (SSSR count). The van der Waals surface area contributed by atoms with Crippen LogP contribution in [0.5, 0.6) is 5.75 Å². The summed E-state index contributed by atoms with van der Waals surface area (Å²) in [4.78, 5) is 24.0. The van der Waals surface area contributed by atoms with Crippen molar-refractivity contribution in [1.29, 1.82) is 0 Å². The topological polar surface area (TPSA) is 98.7 Å². The second kappa shape index (κ2) is 5.90. The lowest BCUT2D eigenvalue weighted by Gasteiger charge is -2.13. The van der Waals surface area contributed by atoms with Crippen molar-refractivity contribution in [3.05, 3.63) is 23.8 Å². The van der Waals surface area contributed by atoms with Gasteiger partial charge in [-0.15, -0.1) is 0 Å². The molecule has 0 aliphatic heterocycles. The Balaban J connectivity index is 2.73. The summed E-state index contributed by atoms with van der Waals surface area (Å²) < 4.78 is 5.38. The minimum Gasteiger partial charge on any atom is -0.490 e. The molecule has 0 heterocycles. The van der Waals surface area contributed by atoms with Gasteiger partial charge >= 0.3 is 0 Å². The van der Waals surface area contributed by atoms with E-state index >= 15 is 0 Å². The van der Waals surface area contributed by atoms with E-state index in [0.29, 0.717) is 5.69 Å². The van der Waals surface area contributed by atoms with Gasteiger partial charge in [0.15, 0.2) is 5.75 Å². The normalized spacial score (nSPS) is 9.89. The third-order valence-corrected chi connectivity index (χ3v) is 2.37. The molecule has 0 fully saturated rings. The fraction of sp³-hybridized carbons (Fsp3) is 0.333. The molecule has 0 saturated carbocycles. The Hall–Kier alpha value is -2.24. The fourth-order valence-corrected chi connectivity index (χ4v) is 1.37. The van der Waals surface area contributed by atoms with Gasteiger partial charge < -0.3 is 21.1 Å². The highest BCUT2D eigenvalue weighted by molar-refractivity contribution is 5.97. The average Bonchev–Trinajstić information content (AvgIpc) is 2.30. The highest BCUT2D eigenvalue weighted by Gasteiger charge is 2.13. The van der Waals surface area contributed by atoms with Crippen molar-refractivity contribution in [1.82, 2.24) is 4.90 Å². The number of ether oxygens (including phenoxy) is 1. The van der Waals surface area contributed by atoms with Crippen molar-refractivity contribution >= 4 is 17.5 Å². The van der Waals surface area contributed by atoms with E-state index in [1.807, 2.05) is 0 Å². The van der Waals surface area contributed by atoms with Crippen molar-refractivity contribution in [3.8, 4) is 5.75 Å². The van der Waals surface area contributed by atoms with Crippen LogP contribution in [0.15, 0.2) is 18.2 Å². The van der Waals surface area contributed by atoms with E-state index in [0.717, 1.165) is 0 Å². The Bertz CT molecular complexity index is 458. The molecule has 0 unspecified atom stereocenters. The minimum absolute atomic E-state index is 0.0647. The molecule has 0 saturated heterocycles. The first-order valence-corrected chi connectivity index (χ1v) is 5.44. The van der Waals surface area contributed by atoms with Gasteiger partial charge in [0.05, 0.1) is 24.3 Å². The van der Waals surface area contributed by atoms with E-state index in [1.54, 1.807) is 26.2 Å². The second-order valence-corrected chi connectivity index (χ2v) is 3.97. The van der Waals surface area contributed by atoms with Crippen LogP contribution in [0.2, 0.25) is 0 Å². The maximum absolute atomic E-state index is 11.4. The summed E-state index contributed by atoms with van der Waals surface area (Å²) in [5.41, 5.74) is 11.5. The Kier molecular flexibility index (Phi) is 4.53. The predicted molar refractivity (Wildman–Crippen MR) is 68.2 cm³/mol. The number of rotatable bonds is 5. The molecule has 98 valence electrons. The molecule has 2 amide bonds. The van der Waals surface area contributed by atoms with Crippen LogP contribution >= 0.6 is 0 Å². The van der Waals surface area contributed by atoms with Crippen LogP contribution in [-0.4, -0.2) is 37.4 Å². The van der Waals surface area contributed by atoms with Crippen LogP contribution in [0.25, 0.3) is 0 Å². The third kappa shape index (κ3) is 3.38. The monoisotopic (exact) mass is 251 g/mol. The SMILES string of the molecule is CN(C)C(=O)CCOc1c(N)cccc1C(N)=O. The number of carbonyl (C=O) groups excluding carboxylic acids is 2. The maximum Gasteiger partial charge on any atom is 0.252 e. The lowest BCUT2D eigenvalue weighted by atomic mass is 10.1. The van der Waals surface area contributed by atoms with Crippen molar-refractivity contribution in [2.75, 3.05) is 26.4 Å². The molecular weight excluding hydrogens is 234 g/mol. The van der Waals surface area contributed by atoms with E-state index in [-0.39, 0.29) is 30.2 Å². The van der Waals surface area contributed by atoms with Crippen molar-refractivity contribution < 1.29 is 14.3 Å². The van der Waals surface area contributed by atoms with Gasteiger partial charge in [-0.05, 0) is 12.1 Å². The molecule has 0 bridgehead atoms. The smallest absolute Gasteiger partial charge is 0.252 e. The van der Waals surface area contributed by atoms with E-state index in [1.165, 1.54) is 11.0 Å². The number of hydrogen-bond donors (Lipinski definition) is 2. The summed E-state index contributed by atoms with van der Waals surface area (Å²) in [6, 6.07) is 4.75. The van der Waals surface area contributed by atoms with Gasteiger partial charge in [0.25, 0.3) is 5.91 Å². The molecule has 0 atom stereocenters. The number of anilines is 1. The lowest BCUT2D eigenvalue weighted by Crippen LogP contribution is -2.24. The third-order valence-electron chi connectivity index (χ3n) is 2.37. The number of primary amides is 1. The van der Waals surface area contributed by atoms with Crippen LogP contribution in [0, 0.1) is 0 Å². The summed E-state index contributed by atoms with van der Waals surface area (Å²) in [6.07, 6.45) is 0.208. The number of amides is 2. The molecule has 0 aliphatic carbocycles. The van der Waals surface area contributed by atoms with Crippen LogP contribution in [-0.2, 0) is 4.79 Å². The summed E-state index contributed by atoms with van der Waals surface area (Å²) >= 11 is 0. The van der Waals surface area contributed by atoms with Crippen LogP contribution in [0.3, 0.4) is 0 Å². The molecule has 6 nitrogen and oxygen atoms in total. The molecule has 4 N–H and O–H groups in total.